The van der Waals surface area contributed by atoms with Crippen LogP contribution in [-0.4, -0.2) is 332 Å². The zero-order valence-corrected chi connectivity index (χ0v) is 73.1. The Labute approximate surface area is 692 Å². The summed E-state index contributed by atoms with van der Waals surface area (Å²) in [6, 6.07) is 4.46. The molecular formula is C82H177N25OS3. The Bertz CT molecular complexity index is 1480. The van der Waals surface area contributed by atoms with Crippen LogP contribution in [0.25, 0.3) is 0 Å². The number of nitrogens with zero attached hydrogens (tertiary/aromatic N) is 1. The maximum atomic E-state index is 5.13. The predicted octanol–water partition coefficient (Wildman–Crippen LogP) is 1.85. The van der Waals surface area contributed by atoms with Crippen molar-refractivity contribution in [3.05, 3.63) is 0 Å². The number of rotatable bonds is 0. The summed E-state index contributed by atoms with van der Waals surface area (Å²) in [7, 11) is 0. The molecule has 3 saturated carbocycles. The van der Waals surface area contributed by atoms with Crippen molar-refractivity contribution in [1.82, 2.24) is 133 Å². The van der Waals surface area contributed by atoms with Crippen LogP contribution in [-0.2, 0) is 4.74 Å². The molecule has 26 nitrogen and oxygen atoms in total. The minimum Gasteiger partial charge on any atom is -0.380 e. The number of piperidine rings is 8. The molecule has 29 rings (SSSR count). The molecule has 26 heterocycles. The highest BCUT2D eigenvalue weighted by Gasteiger charge is 2.40. The van der Waals surface area contributed by atoms with Crippen LogP contribution >= 0.6 is 35.3 Å². The zero-order valence-electron chi connectivity index (χ0n) is 70.6. The standard InChI is InChI=1S/C7H13N.C6H12N2.C6H11N.C6H13N.2C5H10N2.C5H12N2.C5H11NO.C5H11NS.C5H11N.C4H11N3.2C4H10N2.C4H9NS.C4H7N.C4H9N.C3H7NS/c1-3-7-4-2-6(1)5-8-7;1-2-6-7-3-5(1)4-8-6;1-5-2-6(1)4-7-3-5;1-2-4-6-7-5-3-1;1-5-2-7(3-5)4-6-1;1-4-2-6-3-5(1)7-4;1-2-4-7-5-6-3-1;2*1-2-6-3-5-7-4-1;1-2-4-6-5-3-1;1-2-6-4-7-3-5-1;1-2-6-4-3-5-1;2*1-2-5-4-6-3-1;1-3-2-4(1)5-3;1-2-4-5-3-1;1-2-5-3-4-1/h6-8H,1-5H2;5-8H,1-4H2;5-7H,1-4H2;7H,1-6H2;5-6H,1-4H2;4-7H,1-3H2;6-7H,1-5H2;2*6H,1-5H2;6H,1-5H2;5-7H,1-4H2;2*5-6H,1-4H2;5H,1-4H2;3-5H,1-2H2;5H,1-4H2;4H,1-3H2. The van der Waals surface area contributed by atoms with Crippen molar-refractivity contribution < 1.29 is 4.74 Å². The second-order valence-electron chi connectivity index (χ2n) is 33.6. The van der Waals surface area contributed by atoms with Crippen LogP contribution in [0.1, 0.15) is 167 Å². The van der Waals surface area contributed by atoms with Crippen LogP contribution < -0.4 is 128 Å². The van der Waals surface area contributed by atoms with Gasteiger partial charge in [0.15, 0.2) is 0 Å². The highest BCUT2D eigenvalue weighted by molar-refractivity contribution is 7.99. The quantitative estimate of drug-likeness (QED) is 0.165. The number of thioether (sulfide) groups is 3. The first-order valence-electron chi connectivity index (χ1n) is 46.4. The van der Waals surface area contributed by atoms with Crippen molar-refractivity contribution in [2.45, 2.75) is 203 Å². The average molecular weight is 1630 g/mol. The molecule has 26 aliphatic heterocycles. The molecule has 12 bridgehead atoms. The van der Waals surface area contributed by atoms with E-state index in [0.717, 1.165) is 159 Å². The molecular weight excluding hydrogens is 1450 g/mol. The second kappa shape index (κ2) is 71.7. The van der Waals surface area contributed by atoms with Gasteiger partial charge in [-0.2, -0.15) is 11.8 Å². The number of fused-ring (bicyclic) bond motifs is 12. The van der Waals surface area contributed by atoms with E-state index in [0.29, 0.717) is 6.17 Å². The summed E-state index contributed by atoms with van der Waals surface area (Å²) in [5.74, 6) is 12.8. The molecule has 3 aliphatic carbocycles. The van der Waals surface area contributed by atoms with Gasteiger partial charge in [-0.1, -0.05) is 19.3 Å². The Kier molecular flexibility index (Phi) is 63.4. The van der Waals surface area contributed by atoms with Gasteiger partial charge in [0.1, 0.15) is 0 Å². The van der Waals surface area contributed by atoms with Crippen LogP contribution in [0.2, 0.25) is 0 Å². The molecule has 111 heavy (non-hydrogen) atoms. The predicted molar refractivity (Wildman–Crippen MR) is 480 cm³/mol. The third kappa shape index (κ3) is 54.8. The van der Waals surface area contributed by atoms with E-state index in [9.17, 15) is 0 Å². The first kappa shape index (κ1) is 98.1. The maximum absolute atomic E-state index is 5.13. The average Bonchev–Trinajstić information content (AvgIpc) is 1.62. The maximum Gasteiger partial charge on any atom is 0.0590 e. The van der Waals surface area contributed by atoms with E-state index in [-0.39, 0.29) is 0 Å². The van der Waals surface area contributed by atoms with Gasteiger partial charge in [-0.25, -0.2) is 0 Å². The van der Waals surface area contributed by atoms with Gasteiger partial charge in [-0.15, -0.1) is 23.5 Å². The fourth-order valence-electron chi connectivity index (χ4n) is 16.0. The van der Waals surface area contributed by atoms with Gasteiger partial charge < -0.3 is 127 Å². The fourth-order valence-corrected chi connectivity index (χ4v) is 18.3. The van der Waals surface area contributed by atoms with Gasteiger partial charge in [-0.05, 0) is 293 Å². The highest BCUT2D eigenvalue weighted by atomic mass is 32.2. The molecule has 29 heteroatoms. The van der Waals surface area contributed by atoms with Gasteiger partial charge in [-0.3, -0.25) is 10.2 Å². The van der Waals surface area contributed by atoms with E-state index >= 15 is 0 Å². The van der Waals surface area contributed by atoms with E-state index in [2.05, 4.69) is 144 Å². The highest BCUT2D eigenvalue weighted by Crippen LogP contribution is 2.35. The largest absolute Gasteiger partial charge is 0.380 e. The lowest BCUT2D eigenvalue weighted by Gasteiger charge is -2.51. The summed E-state index contributed by atoms with van der Waals surface area (Å²) in [5, 5.41) is 78.6. The lowest BCUT2D eigenvalue weighted by Crippen LogP contribution is -2.66. The third-order valence-electron chi connectivity index (χ3n) is 23.5. The summed E-state index contributed by atoms with van der Waals surface area (Å²) >= 11 is 6.00. The molecule has 2 atom stereocenters. The topological polar surface area (TPSA) is 301 Å². The number of hydrogen-bond donors (Lipinski definition) is 24. The Morgan fingerprint density at radius 3 is 0.955 bits per heavy atom. The fraction of sp³-hybridized carbons (Fsp3) is 1.00. The van der Waals surface area contributed by atoms with E-state index in [1.807, 2.05) is 23.5 Å². The van der Waals surface area contributed by atoms with Crippen LogP contribution in [0.4, 0.5) is 0 Å². The Morgan fingerprint density at radius 1 is 0.234 bits per heavy atom. The molecule has 654 valence electrons. The minimum atomic E-state index is 0.653. The van der Waals surface area contributed by atoms with E-state index in [1.54, 1.807) is 0 Å². The van der Waals surface area contributed by atoms with Gasteiger partial charge in [0.05, 0.1) is 12.8 Å². The first-order chi connectivity index (χ1) is 55.2. The van der Waals surface area contributed by atoms with Crippen molar-refractivity contribution >= 4 is 35.3 Å². The van der Waals surface area contributed by atoms with Crippen LogP contribution in [0.3, 0.4) is 0 Å². The summed E-state index contributed by atoms with van der Waals surface area (Å²) in [6.45, 7) is 45.6. The molecule has 0 spiro atoms. The molecule has 29 aliphatic rings. The Balaban J connectivity index is 0.000000164. The molecule has 24 N–H and O–H groups in total. The first-order valence-corrected chi connectivity index (χ1v) is 49.9. The number of ether oxygens (including phenoxy) is 1. The molecule has 2 unspecified atom stereocenters. The minimum absolute atomic E-state index is 0.653. The number of piperazine rings is 2. The smallest absolute Gasteiger partial charge is 0.0590 e. The van der Waals surface area contributed by atoms with Crippen molar-refractivity contribution in [1.29, 1.82) is 0 Å². The molecule has 26 saturated heterocycles. The lowest BCUT2D eigenvalue weighted by molar-refractivity contribution is 0.0449. The monoisotopic (exact) mass is 1620 g/mol. The molecule has 0 radical (unpaired) electrons. The SMILES string of the molecule is C1C2CC1N2.C1CC2CCC1CN2.C1CC2NCC1CN2.C1CCCNCC1.C1CCNC1.C1CCNCC1.C1CCNCNC1.C1CNCCN1.C1CNCCOC1.C1CNCCSC1.C1CNCNC1.C1CNCNCN1.C1CNCSC1.C1CSCN1.C1NCC2CC1C2.C1NCC2CC1N2.C1NCN2CC1C2. The number of hydrogen-bond acceptors (Lipinski definition) is 29. The van der Waals surface area contributed by atoms with E-state index in [4.69, 9.17) is 4.74 Å². The van der Waals surface area contributed by atoms with Crippen molar-refractivity contribution in [3.8, 4) is 0 Å². The third-order valence-corrected chi connectivity index (χ3v) is 26.4. The van der Waals surface area contributed by atoms with E-state index in [1.165, 1.54) is 359 Å². The van der Waals surface area contributed by atoms with Gasteiger partial charge in [0, 0.05) is 198 Å². The number of nitrogens with one attached hydrogen (secondary N) is 24. The summed E-state index contributed by atoms with van der Waals surface area (Å²) in [5.41, 5.74) is 0. The van der Waals surface area contributed by atoms with Gasteiger partial charge in [0.2, 0.25) is 0 Å². The van der Waals surface area contributed by atoms with Gasteiger partial charge in [0.25, 0.3) is 0 Å². The Morgan fingerprint density at radius 2 is 0.640 bits per heavy atom. The van der Waals surface area contributed by atoms with E-state index < -0.39 is 0 Å². The lowest BCUT2D eigenvalue weighted by atomic mass is 9.72. The van der Waals surface area contributed by atoms with Crippen molar-refractivity contribution in [3.63, 3.8) is 0 Å². The van der Waals surface area contributed by atoms with Crippen LogP contribution in [0.5, 0.6) is 0 Å². The summed E-state index contributed by atoms with van der Waals surface area (Å²) < 4.78 is 5.13. The Hall–Kier alpha value is 0.0100. The van der Waals surface area contributed by atoms with Crippen molar-refractivity contribution in [2.75, 3.05) is 291 Å². The van der Waals surface area contributed by atoms with Crippen LogP contribution in [0.15, 0.2) is 0 Å². The summed E-state index contributed by atoms with van der Waals surface area (Å²) in [6.07, 6.45) is 37.2. The normalized spacial score (nSPS) is 33.1. The second-order valence-corrected chi connectivity index (χ2v) is 37.1. The molecule has 0 aromatic heterocycles. The molecule has 29 fully saturated rings. The zero-order chi connectivity index (χ0) is 76.9. The van der Waals surface area contributed by atoms with Gasteiger partial charge >= 0.3 is 0 Å². The summed E-state index contributed by atoms with van der Waals surface area (Å²) in [4.78, 5) is 2.42. The molecule has 0 aromatic carbocycles. The molecule has 0 aromatic rings. The van der Waals surface area contributed by atoms with Crippen LogP contribution in [0, 0.1) is 29.6 Å². The molecule has 0 amide bonds. The van der Waals surface area contributed by atoms with Crippen molar-refractivity contribution in [2.24, 2.45) is 29.6 Å².